The van der Waals surface area contributed by atoms with Gasteiger partial charge in [0, 0.05) is 0 Å². The molecule has 0 bridgehead atoms. The van der Waals surface area contributed by atoms with E-state index in [1.54, 1.807) is 0 Å². The van der Waals surface area contributed by atoms with Crippen LogP contribution in [0.2, 0.25) is 0 Å². The van der Waals surface area contributed by atoms with Crippen LogP contribution in [0.1, 0.15) is 36.8 Å². The van der Waals surface area contributed by atoms with Crippen LogP contribution in [0.25, 0.3) is 0 Å². The van der Waals surface area contributed by atoms with Gasteiger partial charge in [-0.3, -0.25) is 0 Å². The van der Waals surface area contributed by atoms with Gasteiger partial charge in [-0.2, -0.15) is 5.26 Å². The second kappa shape index (κ2) is 5.03. The van der Waals surface area contributed by atoms with E-state index in [4.69, 9.17) is 10.00 Å². The van der Waals surface area contributed by atoms with Crippen molar-refractivity contribution in [3.05, 3.63) is 29.3 Å². The van der Waals surface area contributed by atoms with Crippen molar-refractivity contribution in [3.8, 4) is 11.8 Å². The average Bonchev–Trinajstić information content (AvgIpc) is 2.80. The number of ether oxygens (including phenoxy) is 1. The summed E-state index contributed by atoms with van der Waals surface area (Å²) >= 11 is 0. The second-order valence-corrected chi connectivity index (χ2v) is 4.52. The van der Waals surface area contributed by atoms with Gasteiger partial charge < -0.3 is 4.74 Å². The maximum atomic E-state index is 9.00. The van der Waals surface area contributed by atoms with E-state index < -0.39 is 0 Å². The van der Waals surface area contributed by atoms with Crippen molar-refractivity contribution in [1.82, 2.24) is 0 Å². The van der Waals surface area contributed by atoms with Gasteiger partial charge in [0.25, 0.3) is 0 Å². The van der Waals surface area contributed by atoms with Crippen molar-refractivity contribution in [1.29, 1.82) is 5.26 Å². The fourth-order valence-corrected chi connectivity index (χ4v) is 2.31. The van der Waals surface area contributed by atoms with E-state index in [1.807, 2.05) is 25.1 Å². The first-order chi connectivity index (χ1) is 7.81. The normalized spacial score (nSPS) is 16.0. The number of nitrogens with zero attached hydrogens (tertiary/aromatic N) is 1. The molecular formula is C14H17NO. The highest BCUT2D eigenvalue weighted by Gasteiger charge is 2.16. The molecule has 1 aromatic rings. The number of hydrogen-bond acceptors (Lipinski definition) is 2. The van der Waals surface area contributed by atoms with Gasteiger partial charge in [0.05, 0.1) is 12.2 Å². The van der Waals surface area contributed by atoms with E-state index in [0.717, 1.165) is 17.9 Å². The molecule has 1 fully saturated rings. The van der Waals surface area contributed by atoms with Gasteiger partial charge in [0.15, 0.2) is 0 Å². The SMILES string of the molecule is Cc1cccc(C#N)c1OCC1CCCC1. The fourth-order valence-electron chi connectivity index (χ4n) is 2.31. The number of rotatable bonds is 3. The highest BCUT2D eigenvalue weighted by Crippen LogP contribution is 2.28. The second-order valence-electron chi connectivity index (χ2n) is 4.52. The molecule has 0 atom stereocenters. The third-order valence-corrected chi connectivity index (χ3v) is 3.27. The standard InChI is InChI=1S/C14H17NO/c1-11-5-4-8-13(9-15)14(11)16-10-12-6-2-3-7-12/h4-5,8,12H,2-3,6-7,10H2,1H3. The van der Waals surface area contributed by atoms with Crippen LogP contribution < -0.4 is 4.74 Å². The molecule has 0 radical (unpaired) electrons. The van der Waals surface area contributed by atoms with Crippen molar-refractivity contribution in [3.63, 3.8) is 0 Å². The van der Waals surface area contributed by atoms with Crippen LogP contribution in [0.5, 0.6) is 5.75 Å². The number of para-hydroxylation sites is 1. The van der Waals surface area contributed by atoms with Gasteiger partial charge >= 0.3 is 0 Å². The summed E-state index contributed by atoms with van der Waals surface area (Å²) in [7, 11) is 0. The molecule has 1 saturated carbocycles. The Morgan fingerprint density at radius 2 is 2.12 bits per heavy atom. The quantitative estimate of drug-likeness (QED) is 0.773. The molecule has 2 heteroatoms. The minimum Gasteiger partial charge on any atom is -0.492 e. The number of hydrogen-bond donors (Lipinski definition) is 0. The number of benzene rings is 1. The Labute approximate surface area is 96.9 Å². The molecule has 0 aliphatic heterocycles. The summed E-state index contributed by atoms with van der Waals surface area (Å²) in [5, 5.41) is 9.00. The van der Waals surface area contributed by atoms with E-state index in [-0.39, 0.29) is 0 Å². The van der Waals surface area contributed by atoms with Crippen LogP contribution >= 0.6 is 0 Å². The van der Waals surface area contributed by atoms with E-state index in [0.29, 0.717) is 11.5 Å². The highest BCUT2D eigenvalue weighted by molar-refractivity contribution is 5.47. The predicted molar refractivity (Wildman–Crippen MR) is 63.3 cm³/mol. The highest BCUT2D eigenvalue weighted by atomic mass is 16.5. The Morgan fingerprint density at radius 1 is 1.38 bits per heavy atom. The molecule has 0 amide bonds. The van der Waals surface area contributed by atoms with E-state index >= 15 is 0 Å². The Bertz CT molecular complexity index is 400. The maximum absolute atomic E-state index is 9.00. The van der Waals surface area contributed by atoms with Crippen LogP contribution in [-0.4, -0.2) is 6.61 Å². The predicted octanol–water partition coefficient (Wildman–Crippen LogP) is 3.44. The zero-order valence-electron chi connectivity index (χ0n) is 9.70. The maximum Gasteiger partial charge on any atom is 0.139 e. The zero-order chi connectivity index (χ0) is 11.4. The van der Waals surface area contributed by atoms with Crippen LogP contribution in [0.15, 0.2) is 18.2 Å². The summed E-state index contributed by atoms with van der Waals surface area (Å²) in [6, 6.07) is 7.89. The van der Waals surface area contributed by atoms with E-state index in [2.05, 4.69) is 6.07 Å². The molecule has 0 saturated heterocycles. The van der Waals surface area contributed by atoms with Gasteiger partial charge in [-0.1, -0.05) is 25.0 Å². The summed E-state index contributed by atoms with van der Waals surface area (Å²) in [6.07, 6.45) is 5.20. The molecule has 1 aromatic carbocycles. The van der Waals surface area contributed by atoms with Gasteiger partial charge in [-0.15, -0.1) is 0 Å². The molecule has 2 nitrogen and oxygen atoms in total. The van der Waals surface area contributed by atoms with Gasteiger partial charge in [-0.25, -0.2) is 0 Å². The molecule has 1 aliphatic rings. The molecule has 16 heavy (non-hydrogen) atoms. The lowest BCUT2D eigenvalue weighted by Crippen LogP contribution is -2.09. The van der Waals surface area contributed by atoms with Crippen LogP contribution in [0.3, 0.4) is 0 Å². The van der Waals surface area contributed by atoms with Gasteiger partial charge in [0.1, 0.15) is 11.8 Å². The third-order valence-electron chi connectivity index (χ3n) is 3.27. The Balaban J connectivity index is 2.05. The van der Waals surface area contributed by atoms with Crippen LogP contribution in [-0.2, 0) is 0 Å². The smallest absolute Gasteiger partial charge is 0.139 e. The Hall–Kier alpha value is -1.49. The van der Waals surface area contributed by atoms with Crippen molar-refractivity contribution in [2.75, 3.05) is 6.61 Å². The van der Waals surface area contributed by atoms with E-state index in [9.17, 15) is 0 Å². The molecule has 0 spiro atoms. The lowest BCUT2D eigenvalue weighted by molar-refractivity contribution is 0.250. The first-order valence-electron chi connectivity index (χ1n) is 5.94. The molecule has 0 N–H and O–H groups in total. The van der Waals surface area contributed by atoms with Crippen molar-refractivity contribution in [2.24, 2.45) is 5.92 Å². The minimum atomic E-state index is 0.651. The van der Waals surface area contributed by atoms with Gasteiger partial charge in [-0.05, 0) is 37.3 Å². The largest absolute Gasteiger partial charge is 0.492 e. The molecular weight excluding hydrogens is 198 g/mol. The fraction of sp³-hybridized carbons (Fsp3) is 0.500. The molecule has 1 aliphatic carbocycles. The van der Waals surface area contributed by atoms with Crippen molar-refractivity contribution >= 4 is 0 Å². The number of aryl methyl sites for hydroxylation is 1. The van der Waals surface area contributed by atoms with Crippen LogP contribution in [0.4, 0.5) is 0 Å². The zero-order valence-corrected chi connectivity index (χ0v) is 9.70. The van der Waals surface area contributed by atoms with Gasteiger partial charge in [0.2, 0.25) is 0 Å². The summed E-state index contributed by atoms with van der Waals surface area (Å²) < 4.78 is 5.82. The summed E-state index contributed by atoms with van der Waals surface area (Å²) in [5.41, 5.74) is 1.70. The monoisotopic (exact) mass is 215 g/mol. The summed E-state index contributed by atoms with van der Waals surface area (Å²) in [6.45, 7) is 2.75. The molecule has 0 aromatic heterocycles. The Morgan fingerprint density at radius 3 is 2.81 bits per heavy atom. The van der Waals surface area contributed by atoms with Crippen LogP contribution in [0, 0.1) is 24.2 Å². The molecule has 0 heterocycles. The summed E-state index contributed by atoms with van der Waals surface area (Å²) in [4.78, 5) is 0. The summed E-state index contributed by atoms with van der Waals surface area (Å²) in [5.74, 6) is 1.46. The number of nitriles is 1. The topological polar surface area (TPSA) is 33.0 Å². The molecule has 2 rings (SSSR count). The van der Waals surface area contributed by atoms with E-state index in [1.165, 1.54) is 25.7 Å². The minimum absolute atomic E-state index is 0.651. The van der Waals surface area contributed by atoms with Crippen molar-refractivity contribution in [2.45, 2.75) is 32.6 Å². The molecule has 0 unspecified atom stereocenters. The average molecular weight is 215 g/mol. The van der Waals surface area contributed by atoms with Crippen molar-refractivity contribution < 1.29 is 4.74 Å². The third kappa shape index (κ3) is 2.36. The lowest BCUT2D eigenvalue weighted by Gasteiger charge is -2.14. The lowest BCUT2D eigenvalue weighted by atomic mass is 10.1. The molecule has 84 valence electrons. The first kappa shape index (κ1) is 11.0. The Kier molecular flexibility index (Phi) is 3.46. The first-order valence-corrected chi connectivity index (χ1v) is 5.94.